The van der Waals surface area contributed by atoms with Crippen LogP contribution in [-0.2, 0) is 0 Å². The first kappa shape index (κ1) is 18.2. The molecule has 0 aliphatic heterocycles. The molecule has 0 unspecified atom stereocenters. The summed E-state index contributed by atoms with van der Waals surface area (Å²) >= 11 is 0. The molecule has 27 heavy (non-hydrogen) atoms. The second-order valence-electron chi connectivity index (χ2n) is 5.63. The highest BCUT2D eigenvalue weighted by atomic mass is 16.6. The number of para-hydroxylation sites is 1. The summed E-state index contributed by atoms with van der Waals surface area (Å²) in [7, 11) is 0. The van der Waals surface area contributed by atoms with Gasteiger partial charge in [0.15, 0.2) is 11.5 Å². The van der Waals surface area contributed by atoms with Crippen LogP contribution in [0.25, 0.3) is 0 Å². The largest absolute Gasteiger partial charge is 0.490 e. The fourth-order valence-corrected chi connectivity index (χ4v) is 2.38. The summed E-state index contributed by atoms with van der Waals surface area (Å²) in [4.78, 5) is 12.3. The van der Waals surface area contributed by atoms with Gasteiger partial charge in [0, 0.05) is 0 Å². The highest BCUT2D eigenvalue weighted by Crippen LogP contribution is 2.29. The van der Waals surface area contributed by atoms with Crippen LogP contribution in [0.2, 0.25) is 0 Å². The standard InChI is InChI=1S/C22H20N2O3/c1-2-26-21-15-17(16-23-24-19-11-7-4-8-12-19)13-14-20(21)27-22(25)18-9-5-3-6-10-18/h3-16,24H,2H2,1H3. The second-order valence-corrected chi connectivity index (χ2v) is 5.63. The first-order chi connectivity index (χ1) is 13.3. The first-order valence-electron chi connectivity index (χ1n) is 8.64. The fraction of sp³-hybridized carbons (Fsp3) is 0.0909. The number of anilines is 1. The number of hydrazone groups is 1. The van der Waals surface area contributed by atoms with E-state index in [0.717, 1.165) is 11.3 Å². The van der Waals surface area contributed by atoms with Crippen LogP contribution in [0.15, 0.2) is 84.0 Å². The van der Waals surface area contributed by atoms with E-state index >= 15 is 0 Å². The third-order valence-electron chi connectivity index (χ3n) is 3.66. The summed E-state index contributed by atoms with van der Waals surface area (Å²) < 4.78 is 11.1. The summed E-state index contributed by atoms with van der Waals surface area (Å²) in [5.41, 5.74) is 5.16. The van der Waals surface area contributed by atoms with Crippen molar-refractivity contribution in [2.75, 3.05) is 12.0 Å². The van der Waals surface area contributed by atoms with Gasteiger partial charge in [0.2, 0.25) is 0 Å². The van der Waals surface area contributed by atoms with Gasteiger partial charge in [-0.25, -0.2) is 4.79 Å². The van der Waals surface area contributed by atoms with Gasteiger partial charge in [-0.1, -0.05) is 36.4 Å². The third-order valence-corrected chi connectivity index (χ3v) is 3.66. The number of carbonyl (C=O) groups excluding carboxylic acids is 1. The average Bonchev–Trinajstić information content (AvgIpc) is 2.71. The maximum Gasteiger partial charge on any atom is 0.343 e. The van der Waals surface area contributed by atoms with E-state index < -0.39 is 5.97 Å². The van der Waals surface area contributed by atoms with Crippen molar-refractivity contribution in [2.45, 2.75) is 6.92 Å². The monoisotopic (exact) mass is 360 g/mol. The highest BCUT2D eigenvalue weighted by molar-refractivity contribution is 5.91. The molecule has 0 bridgehead atoms. The Morgan fingerprint density at radius 3 is 2.37 bits per heavy atom. The summed E-state index contributed by atoms with van der Waals surface area (Å²) in [6, 6.07) is 23.8. The van der Waals surface area contributed by atoms with E-state index in [4.69, 9.17) is 9.47 Å². The number of nitrogens with one attached hydrogen (secondary N) is 1. The van der Waals surface area contributed by atoms with Gasteiger partial charge in [-0.3, -0.25) is 5.43 Å². The number of rotatable bonds is 7. The molecule has 136 valence electrons. The molecular weight excluding hydrogens is 340 g/mol. The molecule has 0 radical (unpaired) electrons. The number of ether oxygens (including phenoxy) is 2. The molecule has 0 fully saturated rings. The molecule has 3 aromatic carbocycles. The molecule has 0 heterocycles. The summed E-state index contributed by atoms with van der Waals surface area (Å²) in [5, 5.41) is 4.21. The number of hydrogen-bond donors (Lipinski definition) is 1. The van der Waals surface area contributed by atoms with Gasteiger partial charge < -0.3 is 9.47 Å². The second kappa shape index (κ2) is 9.20. The minimum atomic E-state index is -0.427. The van der Waals surface area contributed by atoms with Gasteiger partial charge in [0.05, 0.1) is 24.1 Å². The number of hydrogen-bond acceptors (Lipinski definition) is 5. The molecule has 0 aliphatic carbocycles. The van der Waals surface area contributed by atoms with Crippen molar-refractivity contribution in [2.24, 2.45) is 5.10 Å². The Bertz CT molecular complexity index is 909. The lowest BCUT2D eigenvalue weighted by Gasteiger charge is -2.11. The lowest BCUT2D eigenvalue weighted by molar-refractivity contribution is 0.0728. The molecule has 0 atom stereocenters. The summed E-state index contributed by atoms with van der Waals surface area (Å²) in [6.45, 7) is 2.33. The van der Waals surface area contributed by atoms with Crippen LogP contribution in [0.5, 0.6) is 11.5 Å². The third kappa shape index (κ3) is 5.19. The number of nitrogens with zero attached hydrogens (tertiary/aromatic N) is 1. The van der Waals surface area contributed by atoms with Crippen LogP contribution in [-0.4, -0.2) is 18.8 Å². The van der Waals surface area contributed by atoms with Crippen LogP contribution < -0.4 is 14.9 Å². The predicted octanol–water partition coefficient (Wildman–Crippen LogP) is 4.75. The fourth-order valence-electron chi connectivity index (χ4n) is 2.38. The molecule has 0 saturated heterocycles. The van der Waals surface area contributed by atoms with Gasteiger partial charge in [0.1, 0.15) is 0 Å². The van der Waals surface area contributed by atoms with E-state index in [1.165, 1.54) is 0 Å². The smallest absolute Gasteiger partial charge is 0.343 e. The van der Waals surface area contributed by atoms with Crippen molar-refractivity contribution in [3.63, 3.8) is 0 Å². The minimum Gasteiger partial charge on any atom is -0.490 e. The quantitative estimate of drug-likeness (QED) is 0.286. The molecule has 0 aliphatic rings. The van der Waals surface area contributed by atoms with Gasteiger partial charge >= 0.3 is 5.97 Å². The van der Waals surface area contributed by atoms with Crippen molar-refractivity contribution < 1.29 is 14.3 Å². The Hall–Kier alpha value is -3.60. The van der Waals surface area contributed by atoms with Crippen molar-refractivity contribution in [3.05, 3.63) is 90.0 Å². The highest BCUT2D eigenvalue weighted by Gasteiger charge is 2.12. The van der Waals surface area contributed by atoms with Crippen molar-refractivity contribution in [3.8, 4) is 11.5 Å². The zero-order valence-electron chi connectivity index (χ0n) is 15.0. The Labute approximate surface area is 158 Å². The summed E-state index contributed by atoms with van der Waals surface area (Å²) in [6.07, 6.45) is 1.68. The van der Waals surface area contributed by atoms with E-state index in [0.29, 0.717) is 23.7 Å². The molecule has 0 aromatic heterocycles. The molecule has 5 heteroatoms. The van der Waals surface area contributed by atoms with Crippen LogP contribution in [0.4, 0.5) is 5.69 Å². The first-order valence-corrected chi connectivity index (χ1v) is 8.64. The van der Waals surface area contributed by atoms with Crippen molar-refractivity contribution in [1.82, 2.24) is 0 Å². The molecule has 5 nitrogen and oxygen atoms in total. The molecular formula is C22H20N2O3. The summed E-state index contributed by atoms with van der Waals surface area (Å²) in [5.74, 6) is 0.438. The SMILES string of the molecule is CCOc1cc(C=NNc2ccccc2)ccc1OC(=O)c1ccccc1. The van der Waals surface area contributed by atoms with E-state index in [9.17, 15) is 4.79 Å². The number of carbonyl (C=O) groups is 1. The lowest BCUT2D eigenvalue weighted by Crippen LogP contribution is -2.09. The Balaban J connectivity index is 1.73. The maximum absolute atomic E-state index is 12.3. The molecule has 3 aromatic rings. The van der Waals surface area contributed by atoms with Gasteiger partial charge in [-0.05, 0) is 55.0 Å². The molecule has 0 saturated carbocycles. The average molecular weight is 360 g/mol. The number of benzene rings is 3. The topological polar surface area (TPSA) is 59.9 Å². The Morgan fingerprint density at radius 2 is 1.67 bits per heavy atom. The predicted molar refractivity (Wildman–Crippen MR) is 107 cm³/mol. The zero-order valence-corrected chi connectivity index (χ0v) is 15.0. The normalized spacial score (nSPS) is 10.6. The van der Waals surface area contributed by atoms with Crippen molar-refractivity contribution in [1.29, 1.82) is 0 Å². The minimum absolute atomic E-state index is 0.374. The van der Waals surface area contributed by atoms with Crippen LogP contribution in [0.3, 0.4) is 0 Å². The van der Waals surface area contributed by atoms with E-state index in [-0.39, 0.29) is 0 Å². The molecule has 3 rings (SSSR count). The Kier molecular flexibility index (Phi) is 6.20. The van der Waals surface area contributed by atoms with Crippen LogP contribution in [0, 0.1) is 0 Å². The van der Waals surface area contributed by atoms with Gasteiger partial charge in [-0.2, -0.15) is 5.10 Å². The van der Waals surface area contributed by atoms with Crippen LogP contribution in [0.1, 0.15) is 22.8 Å². The van der Waals surface area contributed by atoms with E-state index in [2.05, 4.69) is 10.5 Å². The molecule has 1 N–H and O–H groups in total. The number of esters is 1. The van der Waals surface area contributed by atoms with E-state index in [1.807, 2.05) is 49.4 Å². The van der Waals surface area contributed by atoms with Gasteiger partial charge in [0.25, 0.3) is 0 Å². The molecule has 0 spiro atoms. The molecule has 0 amide bonds. The van der Waals surface area contributed by atoms with Crippen molar-refractivity contribution >= 4 is 17.9 Å². The Morgan fingerprint density at radius 1 is 0.963 bits per heavy atom. The zero-order chi connectivity index (χ0) is 18.9. The lowest BCUT2D eigenvalue weighted by atomic mass is 10.2. The van der Waals surface area contributed by atoms with Gasteiger partial charge in [-0.15, -0.1) is 0 Å². The van der Waals surface area contributed by atoms with E-state index in [1.54, 1.807) is 42.6 Å². The maximum atomic E-state index is 12.3. The van der Waals surface area contributed by atoms with Crippen LogP contribution >= 0.6 is 0 Å².